The first-order valence-corrected chi connectivity index (χ1v) is 8.71. The summed E-state index contributed by atoms with van der Waals surface area (Å²) >= 11 is 3.32. The number of nitrogens with one attached hydrogen (secondary N) is 1. The first kappa shape index (κ1) is 16.8. The van der Waals surface area contributed by atoms with Crippen LogP contribution in [0.2, 0.25) is 0 Å². The van der Waals surface area contributed by atoms with Gasteiger partial charge >= 0.3 is 0 Å². The SMILES string of the molecule is COc1ccc(NC(=O)c2cncc(Br)c2)cc1OC1CCCC1. The molecule has 0 saturated heterocycles. The van der Waals surface area contributed by atoms with Crippen LogP contribution in [-0.4, -0.2) is 24.1 Å². The number of benzene rings is 1. The van der Waals surface area contributed by atoms with Crippen LogP contribution in [0.5, 0.6) is 11.5 Å². The highest BCUT2D eigenvalue weighted by atomic mass is 79.9. The molecular weight excluding hydrogens is 372 g/mol. The molecule has 3 rings (SSSR count). The van der Waals surface area contributed by atoms with Crippen LogP contribution in [0, 0.1) is 0 Å². The maximum atomic E-state index is 12.3. The fourth-order valence-corrected chi connectivity index (χ4v) is 3.14. The molecular formula is C18H19BrN2O3. The van der Waals surface area contributed by atoms with Gasteiger partial charge in [-0.1, -0.05) is 0 Å². The largest absolute Gasteiger partial charge is 0.493 e. The first-order valence-electron chi connectivity index (χ1n) is 7.92. The zero-order chi connectivity index (χ0) is 16.9. The third kappa shape index (κ3) is 4.06. The van der Waals surface area contributed by atoms with Gasteiger partial charge in [0, 0.05) is 28.6 Å². The normalized spacial score (nSPS) is 14.4. The van der Waals surface area contributed by atoms with Gasteiger partial charge in [-0.3, -0.25) is 9.78 Å². The molecule has 1 N–H and O–H groups in total. The smallest absolute Gasteiger partial charge is 0.257 e. The molecule has 1 aliphatic carbocycles. The average Bonchev–Trinajstić information content (AvgIpc) is 3.08. The number of anilines is 1. The predicted octanol–water partition coefficient (Wildman–Crippen LogP) is 4.43. The number of aromatic nitrogens is 1. The van der Waals surface area contributed by atoms with Crippen LogP contribution in [0.4, 0.5) is 5.69 Å². The molecule has 1 amide bonds. The quantitative estimate of drug-likeness (QED) is 0.820. The Hall–Kier alpha value is -2.08. The number of hydrogen-bond acceptors (Lipinski definition) is 4. The zero-order valence-electron chi connectivity index (χ0n) is 13.4. The van der Waals surface area contributed by atoms with E-state index in [2.05, 4.69) is 26.2 Å². The predicted molar refractivity (Wildman–Crippen MR) is 95.8 cm³/mol. The van der Waals surface area contributed by atoms with Crippen LogP contribution >= 0.6 is 15.9 Å². The van der Waals surface area contributed by atoms with Crippen molar-refractivity contribution in [3.8, 4) is 11.5 Å². The van der Waals surface area contributed by atoms with Crippen LogP contribution in [0.15, 0.2) is 41.1 Å². The van der Waals surface area contributed by atoms with Crippen LogP contribution in [-0.2, 0) is 0 Å². The van der Waals surface area contributed by atoms with Gasteiger partial charge in [-0.2, -0.15) is 0 Å². The number of carbonyl (C=O) groups is 1. The third-order valence-corrected chi connectivity index (χ3v) is 4.42. The van der Waals surface area contributed by atoms with Crippen molar-refractivity contribution in [3.63, 3.8) is 0 Å². The molecule has 0 aliphatic heterocycles. The van der Waals surface area contributed by atoms with Gasteiger partial charge in [-0.25, -0.2) is 0 Å². The van der Waals surface area contributed by atoms with Crippen molar-refractivity contribution in [3.05, 3.63) is 46.7 Å². The summed E-state index contributed by atoms with van der Waals surface area (Å²) in [7, 11) is 1.61. The van der Waals surface area contributed by atoms with E-state index in [4.69, 9.17) is 9.47 Å². The van der Waals surface area contributed by atoms with Crippen molar-refractivity contribution in [2.45, 2.75) is 31.8 Å². The fraction of sp³-hybridized carbons (Fsp3) is 0.333. The number of nitrogens with zero attached hydrogens (tertiary/aromatic N) is 1. The summed E-state index contributed by atoms with van der Waals surface area (Å²) in [6.45, 7) is 0. The van der Waals surface area contributed by atoms with E-state index in [1.165, 1.54) is 19.0 Å². The summed E-state index contributed by atoms with van der Waals surface area (Å²) in [6, 6.07) is 7.13. The Bertz CT molecular complexity index is 730. The van der Waals surface area contributed by atoms with E-state index in [9.17, 15) is 4.79 Å². The Balaban J connectivity index is 1.76. The Labute approximate surface area is 149 Å². The summed E-state index contributed by atoms with van der Waals surface area (Å²) in [5.74, 6) is 1.11. The highest BCUT2D eigenvalue weighted by Crippen LogP contribution is 2.34. The summed E-state index contributed by atoms with van der Waals surface area (Å²) in [5.41, 5.74) is 1.15. The van der Waals surface area contributed by atoms with Gasteiger partial charge in [-0.15, -0.1) is 0 Å². The summed E-state index contributed by atoms with van der Waals surface area (Å²) in [4.78, 5) is 16.3. The lowest BCUT2D eigenvalue weighted by Gasteiger charge is -2.17. The molecule has 126 valence electrons. The van der Waals surface area contributed by atoms with Gasteiger partial charge < -0.3 is 14.8 Å². The highest BCUT2D eigenvalue weighted by molar-refractivity contribution is 9.10. The number of rotatable bonds is 5. The van der Waals surface area contributed by atoms with Crippen LogP contribution in [0.1, 0.15) is 36.0 Å². The molecule has 1 aromatic heterocycles. The lowest BCUT2D eigenvalue weighted by molar-refractivity contribution is 0.102. The minimum Gasteiger partial charge on any atom is -0.493 e. The molecule has 6 heteroatoms. The molecule has 0 unspecified atom stereocenters. The molecule has 1 fully saturated rings. The molecule has 5 nitrogen and oxygen atoms in total. The Morgan fingerprint density at radius 1 is 1.21 bits per heavy atom. The standard InChI is InChI=1S/C18H19BrN2O3/c1-23-16-7-6-14(9-17(16)24-15-4-2-3-5-15)21-18(22)12-8-13(19)11-20-10-12/h6-11,15H,2-5H2,1H3,(H,21,22). The third-order valence-electron chi connectivity index (χ3n) is 3.98. The maximum absolute atomic E-state index is 12.3. The molecule has 1 aromatic carbocycles. The van der Waals surface area contributed by atoms with Crippen LogP contribution in [0.3, 0.4) is 0 Å². The van der Waals surface area contributed by atoms with Crippen molar-refractivity contribution < 1.29 is 14.3 Å². The lowest BCUT2D eigenvalue weighted by Crippen LogP contribution is -2.14. The zero-order valence-corrected chi connectivity index (χ0v) is 15.0. The first-order chi connectivity index (χ1) is 11.7. The monoisotopic (exact) mass is 390 g/mol. The fourth-order valence-electron chi connectivity index (χ4n) is 2.77. The molecule has 24 heavy (non-hydrogen) atoms. The minimum absolute atomic E-state index is 0.221. The Kier molecular flexibility index (Phi) is 5.35. The van der Waals surface area contributed by atoms with E-state index >= 15 is 0 Å². The van der Waals surface area contributed by atoms with Gasteiger partial charge in [0.2, 0.25) is 0 Å². The highest BCUT2D eigenvalue weighted by Gasteiger charge is 2.19. The lowest BCUT2D eigenvalue weighted by atomic mass is 10.2. The summed E-state index contributed by atoms with van der Waals surface area (Å²) < 4.78 is 12.2. The molecule has 0 radical (unpaired) electrons. The van der Waals surface area contributed by atoms with Crippen LogP contribution in [0.25, 0.3) is 0 Å². The minimum atomic E-state index is -0.221. The van der Waals surface area contributed by atoms with E-state index in [1.807, 2.05) is 0 Å². The Morgan fingerprint density at radius 3 is 2.71 bits per heavy atom. The van der Waals surface area contributed by atoms with E-state index in [0.717, 1.165) is 17.3 Å². The second kappa shape index (κ2) is 7.66. The van der Waals surface area contributed by atoms with E-state index < -0.39 is 0 Å². The van der Waals surface area contributed by atoms with Crippen molar-refractivity contribution in [2.75, 3.05) is 12.4 Å². The van der Waals surface area contributed by atoms with Gasteiger partial charge in [0.25, 0.3) is 5.91 Å². The molecule has 2 aromatic rings. The number of pyridine rings is 1. The van der Waals surface area contributed by atoms with E-state index in [1.54, 1.807) is 37.6 Å². The number of halogens is 1. The summed E-state index contributed by atoms with van der Waals surface area (Å²) in [5, 5.41) is 2.87. The van der Waals surface area contributed by atoms with Crippen LogP contribution < -0.4 is 14.8 Å². The van der Waals surface area contributed by atoms with Gasteiger partial charge in [0.1, 0.15) is 0 Å². The van der Waals surface area contributed by atoms with E-state index in [0.29, 0.717) is 22.7 Å². The van der Waals surface area contributed by atoms with Gasteiger partial charge in [0.15, 0.2) is 11.5 Å². The van der Waals surface area contributed by atoms with Crippen molar-refractivity contribution in [1.29, 1.82) is 0 Å². The Morgan fingerprint density at radius 2 is 2.00 bits per heavy atom. The number of ether oxygens (including phenoxy) is 2. The van der Waals surface area contributed by atoms with Crippen molar-refractivity contribution in [1.82, 2.24) is 4.98 Å². The molecule has 1 saturated carbocycles. The molecule has 0 spiro atoms. The second-order valence-electron chi connectivity index (χ2n) is 5.74. The maximum Gasteiger partial charge on any atom is 0.257 e. The number of hydrogen-bond donors (Lipinski definition) is 1. The van der Waals surface area contributed by atoms with Crippen molar-refractivity contribution >= 4 is 27.5 Å². The van der Waals surface area contributed by atoms with Gasteiger partial charge in [-0.05, 0) is 59.8 Å². The van der Waals surface area contributed by atoms with E-state index in [-0.39, 0.29) is 12.0 Å². The van der Waals surface area contributed by atoms with Crippen molar-refractivity contribution in [2.24, 2.45) is 0 Å². The van der Waals surface area contributed by atoms with Gasteiger partial charge in [0.05, 0.1) is 18.8 Å². The number of carbonyl (C=O) groups excluding carboxylic acids is 1. The second-order valence-corrected chi connectivity index (χ2v) is 6.65. The number of amides is 1. The summed E-state index contributed by atoms with van der Waals surface area (Å²) in [6.07, 6.45) is 7.89. The average molecular weight is 391 g/mol. The molecule has 0 atom stereocenters. The molecule has 1 aliphatic rings. The molecule has 0 bridgehead atoms. The molecule has 1 heterocycles. The number of methoxy groups -OCH3 is 1. The topological polar surface area (TPSA) is 60.5 Å².